The third-order valence-corrected chi connectivity index (χ3v) is 1.90. The summed E-state index contributed by atoms with van der Waals surface area (Å²) in [5.74, 6) is -0.326. The lowest BCUT2D eigenvalue weighted by Gasteiger charge is -1.96. The summed E-state index contributed by atoms with van der Waals surface area (Å²) in [6.07, 6.45) is 0. The largest absolute Gasteiger partial charge is 0.481 e. The summed E-state index contributed by atoms with van der Waals surface area (Å²) < 4.78 is 0. The van der Waals surface area contributed by atoms with Gasteiger partial charge in [0.15, 0.2) is 0 Å². The molecule has 0 aromatic rings. The average molecular weight is 216 g/mol. The molecule has 0 aromatic heterocycles. The summed E-state index contributed by atoms with van der Waals surface area (Å²) in [5.41, 5.74) is 0. The van der Waals surface area contributed by atoms with Gasteiger partial charge in [0.25, 0.3) is 0 Å². The molecule has 3 nitrogen and oxygen atoms in total. The lowest BCUT2D eigenvalue weighted by Crippen LogP contribution is -2.04. The Labute approximate surface area is 82.4 Å². The molecule has 1 unspecified atom stereocenters. The standard InChI is InChI=1S/C3H8OS2.C2H4O2S/c4-1-3(6)2-5;3-2(4)1-5/h3-6H,1-2H2;5H,1H2,(H,3,4). The van der Waals surface area contributed by atoms with Crippen molar-refractivity contribution < 1.29 is 15.0 Å². The van der Waals surface area contributed by atoms with Crippen LogP contribution in [-0.2, 0) is 4.79 Å². The molecule has 0 aromatic carbocycles. The second-order valence-corrected chi connectivity index (χ2v) is 2.98. The summed E-state index contributed by atoms with van der Waals surface area (Å²) in [6, 6.07) is 0. The fourth-order valence-electron chi connectivity index (χ4n) is 0.0577. The number of carbonyl (C=O) groups is 1. The van der Waals surface area contributed by atoms with Crippen molar-refractivity contribution in [1.82, 2.24) is 0 Å². The van der Waals surface area contributed by atoms with Crippen LogP contribution in [0.1, 0.15) is 0 Å². The van der Waals surface area contributed by atoms with E-state index in [1.165, 1.54) is 0 Å². The smallest absolute Gasteiger partial charge is 0.313 e. The van der Waals surface area contributed by atoms with Crippen LogP contribution in [0, 0.1) is 0 Å². The van der Waals surface area contributed by atoms with Crippen LogP contribution in [0.5, 0.6) is 0 Å². The SMILES string of the molecule is O=C(O)CS.OCC(S)CS. The molecule has 0 aliphatic heterocycles. The normalized spacial score (nSPS) is 11.3. The van der Waals surface area contributed by atoms with E-state index >= 15 is 0 Å². The lowest BCUT2D eigenvalue weighted by atomic mass is 10.5. The van der Waals surface area contributed by atoms with E-state index in [-0.39, 0.29) is 17.6 Å². The number of carboxylic acids is 1. The van der Waals surface area contributed by atoms with E-state index in [0.717, 1.165) is 0 Å². The fraction of sp³-hybridized carbons (Fsp3) is 0.800. The maximum absolute atomic E-state index is 9.29. The first-order valence-electron chi connectivity index (χ1n) is 2.80. The van der Waals surface area contributed by atoms with Gasteiger partial charge in [-0.25, -0.2) is 0 Å². The highest BCUT2D eigenvalue weighted by Crippen LogP contribution is 1.93. The molecule has 11 heavy (non-hydrogen) atoms. The number of rotatable bonds is 3. The molecule has 2 N–H and O–H groups in total. The van der Waals surface area contributed by atoms with Gasteiger partial charge in [-0.05, 0) is 0 Å². The number of aliphatic hydroxyl groups is 1. The zero-order chi connectivity index (χ0) is 9.28. The zero-order valence-corrected chi connectivity index (χ0v) is 8.53. The Balaban J connectivity index is 0. The number of carboxylic acid groups (broad SMARTS) is 1. The minimum atomic E-state index is -0.881. The fourth-order valence-corrected chi connectivity index (χ4v) is 0.173. The lowest BCUT2D eigenvalue weighted by molar-refractivity contribution is -0.133. The van der Waals surface area contributed by atoms with Crippen molar-refractivity contribution in [3.8, 4) is 0 Å². The Morgan fingerprint density at radius 1 is 1.45 bits per heavy atom. The first kappa shape index (κ1) is 14.0. The third kappa shape index (κ3) is 17.9. The van der Waals surface area contributed by atoms with Crippen LogP contribution in [0.15, 0.2) is 0 Å². The number of aliphatic carboxylic acids is 1. The van der Waals surface area contributed by atoms with Crippen molar-refractivity contribution in [1.29, 1.82) is 0 Å². The molecule has 68 valence electrons. The van der Waals surface area contributed by atoms with Crippen LogP contribution >= 0.6 is 37.9 Å². The molecule has 0 saturated heterocycles. The molecule has 0 heterocycles. The highest BCUT2D eigenvalue weighted by atomic mass is 32.1. The number of hydrogen-bond acceptors (Lipinski definition) is 5. The van der Waals surface area contributed by atoms with E-state index in [9.17, 15) is 4.79 Å². The number of aliphatic hydroxyl groups excluding tert-OH is 1. The van der Waals surface area contributed by atoms with Gasteiger partial charge in [0.1, 0.15) is 0 Å². The van der Waals surface area contributed by atoms with Crippen molar-refractivity contribution in [3.63, 3.8) is 0 Å². The third-order valence-electron chi connectivity index (χ3n) is 0.557. The van der Waals surface area contributed by atoms with Gasteiger partial charge in [0.05, 0.1) is 12.4 Å². The summed E-state index contributed by atoms with van der Waals surface area (Å²) in [4.78, 5) is 9.29. The molecule has 0 radical (unpaired) electrons. The number of thiol groups is 3. The molecule has 0 aliphatic rings. The van der Waals surface area contributed by atoms with Gasteiger partial charge in [-0.1, -0.05) is 0 Å². The van der Waals surface area contributed by atoms with Crippen LogP contribution < -0.4 is 0 Å². The minimum Gasteiger partial charge on any atom is -0.481 e. The Hall–Kier alpha value is 0.480. The first-order valence-corrected chi connectivity index (χ1v) is 4.59. The maximum atomic E-state index is 9.29. The Kier molecular flexibility index (Phi) is 13.4. The van der Waals surface area contributed by atoms with E-state index in [4.69, 9.17) is 10.2 Å². The van der Waals surface area contributed by atoms with Crippen LogP contribution in [0.25, 0.3) is 0 Å². The first-order chi connectivity index (χ1) is 5.08. The molecule has 0 amide bonds. The summed E-state index contributed by atoms with van der Waals surface area (Å²) in [6.45, 7) is 0.118. The molecule has 0 saturated carbocycles. The van der Waals surface area contributed by atoms with E-state index in [1.807, 2.05) is 0 Å². The quantitative estimate of drug-likeness (QED) is 0.438. The predicted octanol–water partition coefficient (Wildman–Crippen LogP) is 0.208. The van der Waals surface area contributed by atoms with Gasteiger partial charge < -0.3 is 10.2 Å². The minimum absolute atomic E-state index is 0.0494. The van der Waals surface area contributed by atoms with Crippen molar-refractivity contribution >= 4 is 43.9 Å². The van der Waals surface area contributed by atoms with Crippen molar-refractivity contribution in [3.05, 3.63) is 0 Å². The highest BCUT2D eigenvalue weighted by molar-refractivity contribution is 7.84. The molecule has 0 fully saturated rings. The molecule has 0 aliphatic carbocycles. The zero-order valence-electron chi connectivity index (χ0n) is 5.84. The monoisotopic (exact) mass is 216 g/mol. The van der Waals surface area contributed by atoms with Crippen molar-refractivity contribution in [2.45, 2.75) is 5.25 Å². The predicted molar refractivity (Wildman–Crippen MR) is 55.2 cm³/mol. The van der Waals surface area contributed by atoms with Crippen LogP contribution in [0.2, 0.25) is 0 Å². The summed E-state index contributed by atoms with van der Waals surface area (Å²) in [7, 11) is 0. The Morgan fingerprint density at radius 3 is 1.82 bits per heavy atom. The second-order valence-electron chi connectivity index (χ2n) is 1.57. The molecule has 1 atom stereocenters. The van der Waals surface area contributed by atoms with Gasteiger partial charge in [-0.3, -0.25) is 4.79 Å². The molecule has 6 heteroatoms. The topological polar surface area (TPSA) is 57.5 Å². The second kappa shape index (κ2) is 10.5. The van der Waals surface area contributed by atoms with Gasteiger partial charge in [0, 0.05) is 11.0 Å². The molecular weight excluding hydrogens is 204 g/mol. The van der Waals surface area contributed by atoms with E-state index in [2.05, 4.69) is 37.9 Å². The van der Waals surface area contributed by atoms with Gasteiger partial charge in [-0.2, -0.15) is 37.9 Å². The molecular formula is C5H12O3S3. The summed E-state index contributed by atoms with van der Waals surface area (Å²) >= 11 is 11.2. The Morgan fingerprint density at radius 2 is 1.82 bits per heavy atom. The molecule has 0 spiro atoms. The van der Waals surface area contributed by atoms with Crippen LogP contribution in [0.4, 0.5) is 0 Å². The van der Waals surface area contributed by atoms with Crippen molar-refractivity contribution in [2.75, 3.05) is 18.1 Å². The van der Waals surface area contributed by atoms with Crippen LogP contribution in [-0.4, -0.2) is 39.5 Å². The average Bonchev–Trinajstić information content (AvgIpc) is 2.04. The molecule has 0 bridgehead atoms. The van der Waals surface area contributed by atoms with Crippen LogP contribution in [0.3, 0.4) is 0 Å². The van der Waals surface area contributed by atoms with Gasteiger partial charge in [0.2, 0.25) is 0 Å². The van der Waals surface area contributed by atoms with E-state index < -0.39 is 5.97 Å². The van der Waals surface area contributed by atoms with E-state index in [1.54, 1.807) is 0 Å². The molecule has 0 rings (SSSR count). The Bertz CT molecular complexity index is 95.0. The number of hydrogen-bond donors (Lipinski definition) is 5. The van der Waals surface area contributed by atoms with Crippen molar-refractivity contribution in [2.24, 2.45) is 0 Å². The van der Waals surface area contributed by atoms with Gasteiger partial charge >= 0.3 is 5.97 Å². The summed E-state index contributed by atoms with van der Waals surface area (Å²) in [5, 5.41) is 15.9. The maximum Gasteiger partial charge on any atom is 0.313 e. The highest BCUT2D eigenvalue weighted by Gasteiger charge is 1.92. The van der Waals surface area contributed by atoms with Gasteiger partial charge in [-0.15, -0.1) is 0 Å². The van der Waals surface area contributed by atoms with E-state index in [0.29, 0.717) is 5.75 Å².